The van der Waals surface area contributed by atoms with Gasteiger partial charge in [-0.25, -0.2) is 0 Å². The third-order valence-corrected chi connectivity index (χ3v) is 4.07. The molecule has 0 saturated carbocycles. The lowest BCUT2D eigenvalue weighted by molar-refractivity contribution is -0.386. The minimum absolute atomic E-state index is 0. The lowest BCUT2D eigenvalue weighted by atomic mass is 9.94. The van der Waals surface area contributed by atoms with E-state index in [1.165, 1.54) is 6.07 Å². The summed E-state index contributed by atoms with van der Waals surface area (Å²) in [6.07, 6.45) is 0.890. The molecular formula is C15H24Cl3N3O2. The molecule has 1 saturated heterocycles. The minimum Gasteiger partial charge on any atom is -0.314 e. The first-order valence-corrected chi connectivity index (χ1v) is 7.75. The van der Waals surface area contributed by atoms with E-state index >= 15 is 0 Å². The number of hydrogen-bond donors (Lipinski definition) is 1. The topological polar surface area (TPSA) is 58.4 Å². The smallest absolute Gasteiger partial charge is 0.274 e. The summed E-state index contributed by atoms with van der Waals surface area (Å²) >= 11 is 6.09. The predicted octanol–water partition coefficient (Wildman–Crippen LogP) is 4.08. The molecule has 5 nitrogen and oxygen atoms in total. The van der Waals surface area contributed by atoms with Crippen LogP contribution in [0.3, 0.4) is 0 Å². The Bertz CT molecular complexity index is 509. The number of nitro benzene ring substituents is 1. The largest absolute Gasteiger partial charge is 0.314 e. The van der Waals surface area contributed by atoms with Crippen LogP contribution in [0.2, 0.25) is 5.02 Å². The summed E-state index contributed by atoms with van der Waals surface area (Å²) in [7, 11) is 0. The first-order chi connectivity index (χ1) is 9.99. The average molecular weight is 385 g/mol. The summed E-state index contributed by atoms with van der Waals surface area (Å²) in [6.45, 7) is 7.94. The van der Waals surface area contributed by atoms with E-state index in [2.05, 4.69) is 24.1 Å². The van der Waals surface area contributed by atoms with Crippen LogP contribution in [0, 0.1) is 16.0 Å². The molecule has 8 heteroatoms. The Morgan fingerprint density at radius 2 is 1.91 bits per heavy atom. The molecule has 1 aromatic rings. The molecule has 0 bridgehead atoms. The molecule has 1 aromatic carbocycles. The van der Waals surface area contributed by atoms with Gasteiger partial charge >= 0.3 is 0 Å². The Balaban J connectivity index is 0.00000242. The Kier molecular flexibility index (Phi) is 10.0. The molecule has 1 N–H and O–H groups in total. The molecule has 1 aliphatic rings. The Morgan fingerprint density at radius 1 is 1.30 bits per heavy atom. The lowest BCUT2D eigenvalue weighted by Gasteiger charge is -2.36. The number of piperazine rings is 1. The Morgan fingerprint density at radius 3 is 2.43 bits per heavy atom. The van der Waals surface area contributed by atoms with Crippen LogP contribution in [0.15, 0.2) is 18.2 Å². The van der Waals surface area contributed by atoms with E-state index in [1.54, 1.807) is 12.1 Å². The van der Waals surface area contributed by atoms with Crippen LogP contribution in [-0.2, 0) is 0 Å². The van der Waals surface area contributed by atoms with Gasteiger partial charge in [-0.3, -0.25) is 15.0 Å². The SMILES string of the molecule is CC(C)C[C@H](c1cc(Cl)ccc1[N+](=O)[O-])N1CCNCC1.Cl.Cl. The second-order valence-electron chi connectivity index (χ2n) is 5.89. The highest BCUT2D eigenvalue weighted by molar-refractivity contribution is 6.30. The zero-order valence-electron chi connectivity index (χ0n) is 13.3. The first kappa shape index (κ1) is 22.4. The molecule has 0 spiro atoms. The summed E-state index contributed by atoms with van der Waals surface area (Å²) in [6, 6.07) is 4.92. The third-order valence-electron chi connectivity index (χ3n) is 3.83. The lowest BCUT2D eigenvalue weighted by Crippen LogP contribution is -2.45. The average Bonchev–Trinajstić information content (AvgIpc) is 2.45. The van der Waals surface area contributed by atoms with Crippen molar-refractivity contribution in [3.63, 3.8) is 0 Å². The van der Waals surface area contributed by atoms with E-state index in [0.717, 1.165) is 38.2 Å². The highest BCUT2D eigenvalue weighted by Crippen LogP contribution is 2.35. The normalized spacial score (nSPS) is 16.3. The maximum atomic E-state index is 11.3. The Hall–Kier alpha value is -0.590. The van der Waals surface area contributed by atoms with Crippen LogP contribution in [0.25, 0.3) is 0 Å². The van der Waals surface area contributed by atoms with E-state index in [0.29, 0.717) is 10.9 Å². The van der Waals surface area contributed by atoms with E-state index in [-0.39, 0.29) is 41.5 Å². The van der Waals surface area contributed by atoms with Crippen LogP contribution in [0.4, 0.5) is 5.69 Å². The van der Waals surface area contributed by atoms with Gasteiger partial charge < -0.3 is 5.32 Å². The maximum absolute atomic E-state index is 11.3. The third kappa shape index (κ3) is 6.08. The first-order valence-electron chi connectivity index (χ1n) is 7.37. The van der Waals surface area contributed by atoms with Crippen molar-refractivity contribution in [1.82, 2.24) is 10.2 Å². The van der Waals surface area contributed by atoms with Gasteiger partial charge in [0, 0.05) is 48.9 Å². The predicted molar refractivity (Wildman–Crippen MR) is 99.2 cm³/mol. The van der Waals surface area contributed by atoms with Crippen molar-refractivity contribution >= 4 is 42.1 Å². The zero-order valence-corrected chi connectivity index (χ0v) is 15.7. The fraction of sp³-hybridized carbons (Fsp3) is 0.600. The van der Waals surface area contributed by atoms with Gasteiger partial charge in [-0.15, -0.1) is 24.8 Å². The molecule has 23 heavy (non-hydrogen) atoms. The molecule has 2 rings (SSSR count). The van der Waals surface area contributed by atoms with Crippen LogP contribution in [0.1, 0.15) is 31.9 Å². The van der Waals surface area contributed by atoms with Gasteiger partial charge in [0.15, 0.2) is 0 Å². The number of rotatable bonds is 5. The molecule has 132 valence electrons. The van der Waals surface area contributed by atoms with Crippen molar-refractivity contribution in [2.24, 2.45) is 5.92 Å². The van der Waals surface area contributed by atoms with Gasteiger partial charge in [0.05, 0.1) is 4.92 Å². The van der Waals surface area contributed by atoms with Crippen LogP contribution in [0.5, 0.6) is 0 Å². The van der Waals surface area contributed by atoms with Crippen molar-refractivity contribution in [1.29, 1.82) is 0 Å². The Labute approximate surface area is 154 Å². The van der Waals surface area contributed by atoms with Gasteiger partial charge in [-0.05, 0) is 24.5 Å². The van der Waals surface area contributed by atoms with Crippen molar-refractivity contribution in [3.8, 4) is 0 Å². The van der Waals surface area contributed by atoms with Crippen molar-refractivity contribution < 1.29 is 4.92 Å². The molecule has 0 amide bonds. The fourth-order valence-electron chi connectivity index (χ4n) is 2.87. The van der Waals surface area contributed by atoms with Gasteiger partial charge in [-0.2, -0.15) is 0 Å². The standard InChI is InChI=1S/C15H22ClN3O2.2ClH/c1-11(2)9-15(18-7-5-17-6-8-18)13-10-12(16)3-4-14(13)19(20)21;;/h3-4,10-11,15,17H,5-9H2,1-2H3;2*1H/t15-;;/m1../s1. The zero-order chi connectivity index (χ0) is 15.4. The van der Waals surface area contributed by atoms with E-state index in [4.69, 9.17) is 11.6 Å². The molecule has 0 unspecified atom stereocenters. The summed E-state index contributed by atoms with van der Waals surface area (Å²) in [5, 5.41) is 15.2. The number of benzene rings is 1. The van der Waals surface area contributed by atoms with Crippen molar-refractivity contribution in [2.75, 3.05) is 26.2 Å². The monoisotopic (exact) mass is 383 g/mol. The number of nitro groups is 1. The molecule has 0 radical (unpaired) electrons. The highest BCUT2D eigenvalue weighted by Gasteiger charge is 2.29. The van der Waals surface area contributed by atoms with Gasteiger partial charge in [0.2, 0.25) is 0 Å². The van der Waals surface area contributed by atoms with E-state index in [9.17, 15) is 10.1 Å². The maximum Gasteiger partial charge on any atom is 0.274 e. The van der Waals surface area contributed by atoms with Gasteiger partial charge in [0.1, 0.15) is 0 Å². The number of hydrogen-bond acceptors (Lipinski definition) is 4. The molecule has 1 fully saturated rings. The van der Waals surface area contributed by atoms with Crippen molar-refractivity contribution in [2.45, 2.75) is 26.3 Å². The highest BCUT2D eigenvalue weighted by atomic mass is 35.5. The summed E-state index contributed by atoms with van der Waals surface area (Å²) in [5.41, 5.74) is 0.909. The number of nitrogens with one attached hydrogen (secondary N) is 1. The molecular weight excluding hydrogens is 361 g/mol. The van der Waals surface area contributed by atoms with E-state index < -0.39 is 0 Å². The minimum atomic E-state index is -0.304. The molecule has 0 aliphatic carbocycles. The van der Waals surface area contributed by atoms with Gasteiger partial charge in [0.25, 0.3) is 5.69 Å². The van der Waals surface area contributed by atoms with Crippen LogP contribution in [-0.4, -0.2) is 36.0 Å². The van der Waals surface area contributed by atoms with Crippen molar-refractivity contribution in [3.05, 3.63) is 38.9 Å². The quantitative estimate of drug-likeness (QED) is 0.614. The summed E-state index contributed by atoms with van der Waals surface area (Å²) < 4.78 is 0. The van der Waals surface area contributed by atoms with E-state index in [1.807, 2.05) is 0 Å². The second kappa shape index (κ2) is 10.3. The van der Waals surface area contributed by atoms with Crippen LogP contribution < -0.4 is 5.32 Å². The van der Waals surface area contributed by atoms with Crippen LogP contribution >= 0.6 is 36.4 Å². The molecule has 1 heterocycles. The summed E-state index contributed by atoms with van der Waals surface area (Å²) in [5.74, 6) is 0.462. The molecule has 0 aromatic heterocycles. The molecule has 1 atom stereocenters. The number of halogens is 3. The second-order valence-corrected chi connectivity index (χ2v) is 6.33. The van der Waals surface area contributed by atoms with Gasteiger partial charge in [-0.1, -0.05) is 25.4 Å². The summed E-state index contributed by atoms with van der Waals surface area (Å²) in [4.78, 5) is 13.4. The fourth-order valence-corrected chi connectivity index (χ4v) is 3.05. The molecule has 1 aliphatic heterocycles. The number of nitrogens with zero attached hydrogens (tertiary/aromatic N) is 2.